The smallest absolute Gasteiger partial charge is 0.169 e. The van der Waals surface area contributed by atoms with Crippen LogP contribution in [-0.4, -0.2) is 7.11 Å². The van der Waals surface area contributed by atoms with E-state index < -0.39 is 5.82 Å². The zero-order valence-electron chi connectivity index (χ0n) is 12.8. The van der Waals surface area contributed by atoms with Crippen LogP contribution in [0.5, 0.6) is 17.2 Å². The third-order valence-electron chi connectivity index (χ3n) is 3.55. The molecule has 114 valence electrons. The number of methoxy groups -OCH3 is 1. The molecular weight excluding hydrogens is 293 g/mol. The molecule has 0 heterocycles. The van der Waals surface area contributed by atoms with Gasteiger partial charge in [-0.15, -0.1) is 0 Å². The van der Waals surface area contributed by atoms with Crippen molar-refractivity contribution in [3.05, 3.63) is 65.5 Å². The van der Waals surface area contributed by atoms with Gasteiger partial charge < -0.3 is 9.47 Å². The molecule has 3 rings (SSSR count). The van der Waals surface area contributed by atoms with Gasteiger partial charge in [-0.05, 0) is 54.3 Å². The Morgan fingerprint density at radius 1 is 0.957 bits per heavy atom. The molecule has 0 aliphatic rings. The van der Waals surface area contributed by atoms with E-state index in [2.05, 4.69) is 0 Å². The number of ether oxygens (including phenoxy) is 2. The van der Waals surface area contributed by atoms with Crippen LogP contribution in [0, 0.1) is 24.1 Å². The Kier molecular flexibility index (Phi) is 3.86. The minimum Gasteiger partial charge on any atom is -0.493 e. The van der Waals surface area contributed by atoms with Crippen LogP contribution < -0.4 is 9.47 Å². The molecule has 0 amide bonds. The summed E-state index contributed by atoms with van der Waals surface area (Å²) in [7, 11) is 1.56. The molecule has 0 atom stereocenters. The second kappa shape index (κ2) is 5.98. The largest absolute Gasteiger partial charge is 0.493 e. The van der Waals surface area contributed by atoms with Crippen LogP contribution in [0.15, 0.2) is 48.5 Å². The van der Waals surface area contributed by atoms with Gasteiger partial charge in [-0.3, -0.25) is 0 Å². The van der Waals surface area contributed by atoms with Crippen LogP contribution in [0.3, 0.4) is 0 Å². The first-order chi connectivity index (χ1) is 11.1. The maximum atomic E-state index is 13.9. The van der Waals surface area contributed by atoms with Crippen LogP contribution in [0.1, 0.15) is 11.1 Å². The van der Waals surface area contributed by atoms with E-state index in [0.717, 1.165) is 10.9 Å². The van der Waals surface area contributed by atoms with Crippen molar-refractivity contribution in [3.8, 4) is 23.3 Å². The van der Waals surface area contributed by atoms with Crippen molar-refractivity contribution >= 4 is 10.8 Å². The number of benzene rings is 3. The predicted molar refractivity (Wildman–Crippen MR) is 86.4 cm³/mol. The fourth-order valence-electron chi connectivity index (χ4n) is 2.43. The number of rotatable bonds is 3. The third kappa shape index (κ3) is 2.95. The molecular formula is C19H14FNO2. The topological polar surface area (TPSA) is 42.2 Å². The average Bonchev–Trinajstić information content (AvgIpc) is 2.55. The van der Waals surface area contributed by atoms with Crippen LogP contribution >= 0.6 is 0 Å². The molecule has 0 saturated heterocycles. The van der Waals surface area contributed by atoms with Gasteiger partial charge in [0.2, 0.25) is 0 Å². The highest BCUT2D eigenvalue weighted by Gasteiger charge is 2.11. The summed E-state index contributed by atoms with van der Waals surface area (Å²) in [6.07, 6.45) is 0. The van der Waals surface area contributed by atoms with E-state index in [1.165, 1.54) is 12.1 Å². The zero-order valence-corrected chi connectivity index (χ0v) is 12.8. The first kappa shape index (κ1) is 14.9. The number of halogens is 1. The Balaban J connectivity index is 2.12. The second-order valence-corrected chi connectivity index (χ2v) is 5.21. The van der Waals surface area contributed by atoms with Crippen molar-refractivity contribution in [1.82, 2.24) is 0 Å². The maximum absolute atomic E-state index is 13.9. The lowest BCUT2D eigenvalue weighted by molar-refractivity contribution is 0.379. The lowest BCUT2D eigenvalue weighted by Gasteiger charge is -2.13. The first-order valence-electron chi connectivity index (χ1n) is 7.06. The molecule has 0 aromatic heterocycles. The molecule has 3 aromatic rings. The van der Waals surface area contributed by atoms with E-state index >= 15 is 0 Å². The normalized spacial score (nSPS) is 10.3. The predicted octanol–water partition coefficient (Wildman–Crippen LogP) is 4.96. The maximum Gasteiger partial charge on any atom is 0.169 e. The molecule has 0 bridgehead atoms. The molecule has 0 N–H and O–H groups in total. The number of nitrogens with zero attached hydrogens (tertiary/aromatic N) is 1. The minimum atomic E-state index is -0.423. The summed E-state index contributed by atoms with van der Waals surface area (Å²) in [5.74, 6) is 1.05. The van der Waals surface area contributed by atoms with Crippen LogP contribution in [0.2, 0.25) is 0 Å². The Labute approximate surface area is 133 Å². The summed E-state index contributed by atoms with van der Waals surface area (Å²) in [6, 6.07) is 15.4. The summed E-state index contributed by atoms with van der Waals surface area (Å²) in [4.78, 5) is 0. The van der Waals surface area contributed by atoms with Crippen molar-refractivity contribution in [2.45, 2.75) is 6.92 Å². The Morgan fingerprint density at radius 2 is 1.78 bits per heavy atom. The van der Waals surface area contributed by atoms with Gasteiger partial charge in [0, 0.05) is 11.5 Å². The quantitative estimate of drug-likeness (QED) is 0.687. The van der Waals surface area contributed by atoms with Gasteiger partial charge in [-0.2, -0.15) is 5.26 Å². The first-order valence-corrected chi connectivity index (χ1v) is 7.06. The van der Waals surface area contributed by atoms with E-state index in [4.69, 9.17) is 14.7 Å². The van der Waals surface area contributed by atoms with Crippen molar-refractivity contribution in [3.63, 3.8) is 0 Å². The molecule has 3 aromatic carbocycles. The van der Waals surface area contributed by atoms with Gasteiger partial charge in [0.1, 0.15) is 11.6 Å². The zero-order chi connectivity index (χ0) is 16.4. The van der Waals surface area contributed by atoms with E-state index in [-0.39, 0.29) is 0 Å². The van der Waals surface area contributed by atoms with Gasteiger partial charge in [-0.25, -0.2) is 4.39 Å². The molecule has 0 aliphatic carbocycles. The molecule has 0 saturated carbocycles. The van der Waals surface area contributed by atoms with Crippen LogP contribution in [0.4, 0.5) is 4.39 Å². The summed E-state index contributed by atoms with van der Waals surface area (Å²) in [5.41, 5.74) is 1.51. The fraction of sp³-hybridized carbons (Fsp3) is 0.105. The second-order valence-electron chi connectivity index (χ2n) is 5.21. The highest BCUT2D eigenvalue weighted by Crippen LogP contribution is 2.36. The number of fused-ring (bicyclic) bond motifs is 1. The monoisotopic (exact) mass is 307 g/mol. The van der Waals surface area contributed by atoms with Gasteiger partial charge in [-0.1, -0.05) is 6.07 Å². The van der Waals surface area contributed by atoms with Gasteiger partial charge >= 0.3 is 0 Å². The SMILES string of the molecule is COc1cc(C)ccc1Oc1cc(F)cc2cc(C#N)ccc12. The summed E-state index contributed by atoms with van der Waals surface area (Å²) in [6.45, 7) is 1.95. The fourth-order valence-corrected chi connectivity index (χ4v) is 2.43. The van der Waals surface area contributed by atoms with Crippen molar-refractivity contribution < 1.29 is 13.9 Å². The Morgan fingerprint density at radius 3 is 2.52 bits per heavy atom. The number of aryl methyl sites for hydroxylation is 1. The molecule has 0 fully saturated rings. The van der Waals surface area contributed by atoms with Gasteiger partial charge in [0.25, 0.3) is 0 Å². The summed E-state index contributed by atoms with van der Waals surface area (Å²) in [5, 5.41) is 10.3. The summed E-state index contributed by atoms with van der Waals surface area (Å²) >= 11 is 0. The highest BCUT2D eigenvalue weighted by atomic mass is 19.1. The van der Waals surface area contributed by atoms with E-state index in [9.17, 15) is 4.39 Å². The molecule has 0 radical (unpaired) electrons. The summed E-state index contributed by atoms with van der Waals surface area (Å²) < 4.78 is 25.1. The lowest BCUT2D eigenvalue weighted by Crippen LogP contribution is -1.93. The molecule has 23 heavy (non-hydrogen) atoms. The van der Waals surface area contributed by atoms with Crippen molar-refractivity contribution in [1.29, 1.82) is 5.26 Å². The molecule has 3 nitrogen and oxygen atoms in total. The number of hydrogen-bond donors (Lipinski definition) is 0. The molecule has 0 spiro atoms. The molecule has 0 aliphatic heterocycles. The number of hydrogen-bond acceptors (Lipinski definition) is 3. The number of nitriles is 1. The van der Waals surface area contributed by atoms with Crippen molar-refractivity contribution in [2.75, 3.05) is 7.11 Å². The van der Waals surface area contributed by atoms with E-state index in [0.29, 0.717) is 28.2 Å². The Hall–Kier alpha value is -3.06. The average molecular weight is 307 g/mol. The lowest BCUT2D eigenvalue weighted by atomic mass is 10.1. The van der Waals surface area contributed by atoms with Gasteiger partial charge in [0.05, 0.1) is 18.7 Å². The van der Waals surface area contributed by atoms with Crippen LogP contribution in [0.25, 0.3) is 10.8 Å². The van der Waals surface area contributed by atoms with E-state index in [1.54, 1.807) is 31.4 Å². The standard InChI is InChI=1S/C19H14FNO2/c1-12-3-6-17(19(7-12)22-2)23-18-10-15(20)9-14-8-13(11-21)4-5-16(14)18/h3-10H,1-2H3. The van der Waals surface area contributed by atoms with Crippen LogP contribution in [-0.2, 0) is 0 Å². The Bertz CT molecular complexity index is 929. The highest BCUT2D eigenvalue weighted by molar-refractivity contribution is 5.89. The van der Waals surface area contributed by atoms with Crippen molar-refractivity contribution in [2.24, 2.45) is 0 Å². The van der Waals surface area contributed by atoms with E-state index in [1.807, 2.05) is 25.1 Å². The molecule has 4 heteroatoms. The third-order valence-corrected chi connectivity index (χ3v) is 3.55. The minimum absolute atomic E-state index is 0.381. The van der Waals surface area contributed by atoms with Gasteiger partial charge in [0.15, 0.2) is 11.5 Å². The molecule has 0 unspecified atom stereocenters.